The first-order valence-corrected chi connectivity index (χ1v) is 6.29. The van der Waals surface area contributed by atoms with E-state index in [9.17, 15) is 0 Å². The van der Waals surface area contributed by atoms with E-state index in [0.29, 0.717) is 5.82 Å². The van der Waals surface area contributed by atoms with Crippen molar-refractivity contribution >= 4 is 5.82 Å². The number of hydrogen-bond acceptors (Lipinski definition) is 4. The minimum atomic E-state index is 0.0843. The second kappa shape index (κ2) is 6.16. The van der Waals surface area contributed by atoms with Gasteiger partial charge in [-0.05, 0) is 36.6 Å². The number of hydrogen-bond donors (Lipinski definition) is 2. The van der Waals surface area contributed by atoms with E-state index in [1.165, 1.54) is 5.56 Å². The number of nitrogens with two attached hydrogens (primary N) is 1. The van der Waals surface area contributed by atoms with Crippen molar-refractivity contribution in [2.24, 2.45) is 5.41 Å². The molecule has 0 aliphatic carbocycles. The molecule has 0 amide bonds. The molecule has 0 aromatic carbocycles. The number of ether oxygens (including phenoxy) is 1. The molecule has 2 atom stereocenters. The van der Waals surface area contributed by atoms with Crippen LogP contribution >= 0.6 is 0 Å². The van der Waals surface area contributed by atoms with E-state index in [1.807, 2.05) is 19.2 Å². The van der Waals surface area contributed by atoms with E-state index >= 15 is 0 Å². The summed E-state index contributed by atoms with van der Waals surface area (Å²) in [4.78, 5) is 4.01. The summed E-state index contributed by atoms with van der Waals surface area (Å²) < 4.78 is 5.66. The Kier molecular flexibility index (Phi) is 5.11. The molecule has 0 spiro atoms. The van der Waals surface area contributed by atoms with Gasteiger partial charge in [-0.1, -0.05) is 20.8 Å². The summed E-state index contributed by atoms with van der Waals surface area (Å²) >= 11 is 0. The molecule has 18 heavy (non-hydrogen) atoms. The molecule has 0 radical (unpaired) electrons. The maximum Gasteiger partial charge on any atom is 0.123 e. The highest BCUT2D eigenvalue weighted by atomic mass is 16.5. The first-order chi connectivity index (χ1) is 8.38. The Hall–Kier alpha value is -1.13. The fourth-order valence-electron chi connectivity index (χ4n) is 2.36. The lowest BCUT2D eigenvalue weighted by atomic mass is 9.82. The van der Waals surface area contributed by atoms with Gasteiger partial charge in [0.1, 0.15) is 5.82 Å². The van der Waals surface area contributed by atoms with Gasteiger partial charge in [0.2, 0.25) is 0 Å². The zero-order valence-corrected chi connectivity index (χ0v) is 12.0. The molecule has 0 aliphatic heterocycles. The maximum absolute atomic E-state index is 5.71. The van der Waals surface area contributed by atoms with Crippen LogP contribution in [-0.2, 0) is 11.2 Å². The molecule has 0 bridgehead atoms. The number of pyridine rings is 1. The van der Waals surface area contributed by atoms with E-state index in [0.717, 1.165) is 6.42 Å². The number of methoxy groups -OCH3 is 1. The van der Waals surface area contributed by atoms with Crippen LogP contribution < -0.4 is 11.1 Å². The molecule has 0 saturated heterocycles. The molecule has 0 aliphatic rings. The monoisotopic (exact) mass is 251 g/mol. The average molecular weight is 251 g/mol. The van der Waals surface area contributed by atoms with Crippen molar-refractivity contribution in [3.05, 3.63) is 23.9 Å². The van der Waals surface area contributed by atoms with Crippen LogP contribution in [0.15, 0.2) is 18.3 Å². The molecular formula is C14H25N3O. The summed E-state index contributed by atoms with van der Waals surface area (Å²) in [5, 5.41) is 3.34. The van der Waals surface area contributed by atoms with Crippen LogP contribution in [0, 0.1) is 5.41 Å². The minimum absolute atomic E-state index is 0.0843. The summed E-state index contributed by atoms with van der Waals surface area (Å²) in [6.07, 6.45) is 2.76. The quantitative estimate of drug-likeness (QED) is 0.838. The van der Waals surface area contributed by atoms with Crippen molar-refractivity contribution in [2.75, 3.05) is 19.9 Å². The third-order valence-corrected chi connectivity index (χ3v) is 3.14. The van der Waals surface area contributed by atoms with E-state index in [1.54, 1.807) is 13.3 Å². The standard InChI is InChI=1S/C14H25N3O/c1-14(2,3)13(18-5)11(16-4)8-10-6-7-17-12(15)9-10/h6-7,9,11,13,16H,8H2,1-5H3,(H2,15,17). The summed E-state index contributed by atoms with van der Waals surface area (Å²) in [6, 6.07) is 4.16. The second-order valence-corrected chi connectivity index (χ2v) is 5.71. The zero-order valence-electron chi connectivity index (χ0n) is 12.0. The highest BCUT2D eigenvalue weighted by Crippen LogP contribution is 2.26. The maximum atomic E-state index is 5.71. The molecule has 1 aromatic rings. The lowest BCUT2D eigenvalue weighted by molar-refractivity contribution is -0.00921. The van der Waals surface area contributed by atoms with Crippen molar-refractivity contribution in [2.45, 2.75) is 39.3 Å². The Morgan fingerprint density at radius 1 is 1.44 bits per heavy atom. The molecule has 1 aromatic heterocycles. The summed E-state index contributed by atoms with van der Waals surface area (Å²) in [7, 11) is 3.73. The fraction of sp³-hybridized carbons (Fsp3) is 0.643. The van der Waals surface area contributed by atoms with E-state index in [-0.39, 0.29) is 17.6 Å². The smallest absolute Gasteiger partial charge is 0.123 e. The molecule has 4 heteroatoms. The molecule has 0 fully saturated rings. The fourth-order valence-corrected chi connectivity index (χ4v) is 2.36. The van der Waals surface area contributed by atoms with Crippen LogP contribution in [0.25, 0.3) is 0 Å². The lowest BCUT2D eigenvalue weighted by Gasteiger charge is -2.36. The minimum Gasteiger partial charge on any atom is -0.384 e. The number of aromatic nitrogens is 1. The molecular weight excluding hydrogens is 226 g/mol. The van der Waals surface area contributed by atoms with Crippen LogP contribution in [0.3, 0.4) is 0 Å². The topological polar surface area (TPSA) is 60.2 Å². The number of nitrogens with zero attached hydrogens (tertiary/aromatic N) is 1. The third-order valence-electron chi connectivity index (χ3n) is 3.14. The molecule has 2 unspecified atom stereocenters. The van der Waals surface area contributed by atoms with Crippen LogP contribution in [0.4, 0.5) is 5.82 Å². The molecule has 0 saturated carbocycles. The van der Waals surface area contributed by atoms with Crippen molar-refractivity contribution in [3.63, 3.8) is 0 Å². The third kappa shape index (κ3) is 3.96. The Labute approximate surface area is 110 Å². The van der Waals surface area contributed by atoms with Gasteiger partial charge in [-0.25, -0.2) is 4.98 Å². The van der Waals surface area contributed by atoms with Gasteiger partial charge in [-0.3, -0.25) is 0 Å². The van der Waals surface area contributed by atoms with Gasteiger partial charge in [0.25, 0.3) is 0 Å². The van der Waals surface area contributed by atoms with Gasteiger partial charge >= 0.3 is 0 Å². The number of likely N-dealkylation sites (N-methyl/N-ethyl adjacent to an activating group) is 1. The normalized spacial score (nSPS) is 15.4. The number of nitrogen functional groups attached to an aromatic ring is 1. The lowest BCUT2D eigenvalue weighted by Crippen LogP contribution is -2.47. The van der Waals surface area contributed by atoms with Crippen molar-refractivity contribution in [1.29, 1.82) is 0 Å². The highest BCUT2D eigenvalue weighted by Gasteiger charge is 2.31. The van der Waals surface area contributed by atoms with Gasteiger partial charge < -0.3 is 15.8 Å². The van der Waals surface area contributed by atoms with Gasteiger partial charge in [0, 0.05) is 19.3 Å². The molecule has 4 nitrogen and oxygen atoms in total. The van der Waals surface area contributed by atoms with Gasteiger partial charge in [-0.2, -0.15) is 0 Å². The van der Waals surface area contributed by atoms with Crippen LogP contribution in [0.1, 0.15) is 26.3 Å². The number of nitrogens with one attached hydrogen (secondary N) is 1. The predicted octanol–water partition coefficient (Wildman–Crippen LogP) is 1.86. The largest absolute Gasteiger partial charge is 0.384 e. The molecule has 3 N–H and O–H groups in total. The van der Waals surface area contributed by atoms with Crippen molar-refractivity contribution in [3.8, 4) is 0 Å². The first-order valence-electron chi connectivity index (χ1n) is 6.29. The molecule has 102 valence electrons. The SMILES string of the molecule is CNC(Cc1ccnc(N)c1)C(OC)C(C)(C)C. The van der Waals surface area contributed by atoms with Crippen LogP contribution in [0.5, 0.6) is 0 Å². The van der Waals surface area contributed by atoms with E-state index in [2.05, 4.69) is 31.1 Å². The second-order valence-electron chi connectivity index (χ2n) is 5.71. The van der Waals surface area contributed by atoms with Crippen LogP contribution in [-0.4, -0.2) is 31.3 Å². The van der Waals surface area contributed by atoms with E-state index in [4.69, 9.17) is 10.5 Å². The average Bonchev–Trinajstić information content (AvgIpc) is 2.26. The first kappa shape index (κ1) is 14.9. The molecule has 1 rings (SSSR count). The highest BCUT2D eigenvalue weighted by molar-refractivity contribution is 5.32. The Bertz CT molecular complexity index is 374. The van der Waals surface area contributed by atoms with Gasteiger partial charge in [0.15, 0.2) is 0 Å². The van der Waals surface area contributed by atoms with Crippen LogP contribution in [0.2, 0.25) is 0 Å². The summed E-state index contributed by atoms with van der Waals surface area (Å²) in [5.74, 6) is 0.562. The number of rotatable bonds is 5. The summed E-state index contributed by atoms with van der Waals surface area (Å²) in [6.45, 7) is 6.56. The van der Waals surface area contributed by atoms with Gasteiger partial charge in [-0.15, -0.1) is 0 Å². The summed E-state index contributed by atoms with van der Waals surface area (Å²) in [5.41, 5.74) is 6.97. The van der Waals surface area contributed by atoms with Crippen molar-refractivity contribution < 1.29 is 4.74 Å². The van der Waals surface area contributed by atoms with Crippen molar-refractivity contribution in [1.82, 2.24) is 10.3 Å². The zero-order chi connectivity index (χ0) is 13.8. The predicted molar refractivity (Wildman–Crippen MR) is 75.5 cm³/mol. The van der Waals surface area contributed by atoms with E-state index < -0.39 is 0 Å². The number of anilines is 1. The molecule has 1 heterocycles. The Morgan fingerprint density at radius 2 is 2.11 bits per heavy atom. The Balaban J connectivity index is 2.84. The van der Waals surface area contributed by atoms with Gasteiger partial charge in [0.05, 0.1) is 6.10 Å². The Morgan fingerprint density at radius 3 is 2.56 bits per heavy atom.